The van der Waals surface area contributed by atoms with Crippen molar-refractivity contribution < 1.29 is 32.6 Å². The van der Waals surface area contributed by atoms with Crippen molar-refractivity contribution in [3.05, 3.63) is 0 Å². The molecule has 0 spiro atoms. The zero-order valence-electron chi connectivity index (χ0n) is 18.0. The third-order valence-corrected chi connectivity index (χ3v) is 7.34. The van der Waals surface area contributed by atoms with Gasteiger partial charge in [0.2, 0.25) is 5.91 Å². The number of rotatable bonds is 7. The van der Waals surface area contributed by atoms with Gasteiger partial charge in [-0.3, -0.25) is 14.5 Å². The number of nitrogens with one attached hydrogen (secondary N) is 1. The number of hydrogen-bond donors (Lipinski definition) is 2. The fraction of sp³-hybridized carbons (Fsp3) is 0.909. The van der Waals surface area contributed by atoms with Gasteiger partial charge in [-0.05, 0) is 31.1 Å². The molecule has 6 nitrogen and oxygen atoms in total. The Kier molecular flexibility index (Phi) is 8.61. The molecule has 1 amide bonds. The monoisotopic (exact) mass is 448 g/mol. The summed E-state index contributed by atoms with van der Waals surface area (Å²) in [7, 11) is 0. The first kappa shape index (κ1) is 24.3. The fourth-order valence-electron chi connectivity index (χ4n) is 5.69. The summed E-state index contributed by atoms with van der Waals surface area (Å²) in [6.45, 7) is 2.39. The molecule has 1 saturated heterocycles. The summed E-state index contributed by atoms with van der Waals surface area (Å²) in [6.07, 6.45) is 1.11. The minimum atomic E-state index is -4.27. The number of amides is 1. The van der Waals surface area contributed by atoms with Crippen molar-refractivity contribution in [2.24, 2.45) is 17.8 Å². The Balaban J connectivity index is 1.66. The molecule has 2 saturated carbocycles. The highest BCUT2D eigenvalue weighted by Gasteiger charge is 2.46. The molecule has 31 heavy (non-hydrogen) atoms. The number of carboxylic acids is 1. The first-order valence-electron chi connectivity index (χ1n) is 11.6. The van der Waals surface area contributed by atoms with E-state index in [1.54, 1.807) is 0 Å². The predicted octanol–water partition coefficient (Wildman–Crippen LogP) is 3.60. The molecule has 4 atom stereocenters. The van der Waals surface area contributed by atoms with Gasteiger partial charge in [0, 0.05) is 38.0 Å². The van der Waals surface area contributed by atoms with Crippen LogP contribution in [0.1, 0.15) is 64.2 Å². The van der Waals surface area contributed by atoms with Crippen molar-refractivity contribution in [3.8, 4) is 0 Å². The molecule has 3 fully saturated rings. The zero-order valence-corrected chi connectivity index (χ0v) is 18.0. The zero-order chi connectivity index (χ0) is 22.4. The van der Waals surface area contributed by atoms with E-state index < -0.39 is 24.1 Å². The number of ether oxygens (including phenoxy) is 1. The van der Waals surface area contributed by atoms with Crippen LogP contribution in [0.4, 0.5) is 13.2 Å². The molecule has 1 aliphatic heterocycles. The lowest BCUT2D eigenvalue weighted by molar-refractivity contribution is -0.188. The normalized spacial score (nSPS) is 30.0. The number of alkyl halides is 3. The van der Waals surface area contributed by atoms with Gasteiger partial charge in [-0.1, -0.05) is 32.1 Å². The lowest BCUT2D eigenvalue weighted by atomic mass is 9.76. The maximum absolute atomic E-state index is 13.4. The van der Waals surface area contributed by atoms with Crippen molar-refractivity contribution in [1.29, 1.82) is 0 Å². The van der Waals surface area contributed by atoms with Gasteiger partial charge in [0.1, 0.15) is 0 Å². The standard InChI is InChI=1S/C22H35F3N2O4/c23-22(24,25)17-6-7-19(27-8-10-31-11-9-27)18(14-17)26-20(28)12-16(13-21(29)30)15-4-2-1-3-5-15/h15-19H,1-14H2,(H,26,28)(H,29,30). The lowest BCUT2D eigenvalue weighted by Crippen LogP contribution is -2.58. The number of halogens is 3. The largest absolute Gasteiger partial charge is 0.481 e. The first-order valence-corrected chi connectivity index (χ1v) is 11.6. The summed E-state index contributed by atoms with van der Waals surface area (Å²) < 4.78 is 45.6. The molecule has 9 heteroatoms. The Bertz CT molecular complexity index is 604. The van der Waals surface area contributed by atoms with Gasteiger partial charge in [-0.15, -0.1) is 0 Å². The van der Waals surface area contributed by atoms with Crippen molar-refractivity contribution in [3.63, 3.8) is 0 Å². The summed E-state index contributed by atoms with van der Waals surface area (Å²) in [5, 5.41) is 12.2. The lowest BCUT2D eigenvalue weighted by Gasteiger charge is -2.44. The predicted molar refractivity (Wildman–Crippen MR) is 108 cm³/mol. The summed E-state index contributed by atoms with van der Waals surface area (Å²) >= 11 is 0. The Hall–Kier alpha value is -1.35. The quantitative estimate of drug-likeness (QED) is 0.622. The van der Waals surface area contributed by atoms with Crippen LogP contribution >= 0.6 is 0 Å². The maximum Gasteiger partial charge on any atom is 0.391 e. The number of carbonyl (C=O) groups is 2. The molecule has 2 aliphatic carbocycles. The second-order valence-electron chi connectivity index (χ2n) is 9.40. The number of nitrogens with zero attached hydrogens (tertiary/aromatic N) is 1. The van der Waals surface area contributed by atoms with Gasteiger partial charge in [-0.2, -0.15) is 13.2 Å². The van der Waals surface area contributed by atoms with E-state index in [0.717, 1.165) is 32.1 Å². The van der Waals surface area contributed by atoms with Crippen LogP contribution in [0.5, 0.6) is 0 Å². The topological polar surface area (TPSA) is 78.9 Å². The van der Waals surface area contributed by atoms with Crippen LogP contribution in [-0.4, -0.2) is 66.4 Å². The summed E-state index contributed by atoms with van der Waals surface area (Å²) in [5.41, 5.74) is 0. The van der Waals surface area contributed by atoms with Crippen LogP contribution in [0.15, 0.2) is 0 Å². The Morgan fingerprint density at radius 2 is 1.71 bits per heavy atom. The Labute approximate surface area is 181 Å². The molecule has 0 bridgehead atoms. The Morgan fingerprint density at radius 1 is 1.03 bits per heavy atom. The second-order valence-corrected chi connectivity index (χ2v) is 9.40. The van der Waals surface area contributed by atoms with Gasteiger partial charge in [0.05, 0.1) is 19.1 Å². The van der Waals surface area contributed by atoms with Gasteiger partial charge in [0.25, 0.3) is 0 Å². The van der Waals surface area contributed by atoms with E-state index in [9.17, 15) is 27.9 Å². The van der Waals surface area contributed by atoms with Crippen LogP contribution < -0.4 is 5.32 Å². The molecule has 1 heterocycles. The maximum atomic E-state index is 13.4. The van der Waals surface area contributed by atoms with E-state index in [4.69, 9.17) is 4.74 Å². The van der Waals surface area contributed by atoms with Gasteiger partial charge >= 0.3 is 12.1 Å². The third kappa shape index (κ3) is 7.07. The molecule has 3 rings (SSSR count). The molecule has 2 N–H and O–H groups in total. The Morgan fingerprint density at radius 3 is 2.32 bits per heavy atom. The number of hydrogen-bond acceptors (Lipinski definition) is 4. The molecule has 0 aromatic rings. The van der Waals surface area contributed by atoms with E-state index in [2.05, 4.69) is 10.2 Å². The highest BCUT2D eigenvalue weighted by molar-refractivity contribution is 5.77. The van der Waals surface area contributed by atoms with E-state index in [-0.39, 0.29) is 49.5 Å². The van der Waals surface area contributed by atoms with E-state index in [0.29, 0.717) is 32.7 Å². The van der Waals surface area contributed by atoms with E-state index >= 15 is 0 Å². The van der Waals surface area contributed by atoms with Gasteiger partial charge in [0.15, 0.2) is 0 Å². The van der Waals surface area contributed by atoms with Crippen molar-refractivity contribution in [2.75, 3.05) is 26.3 Å². The van der Waals surface area contributed by atoms with E-state index in [1.165, 1.54) is 0 Å². The van der Waals surface area contributed by atoms with Crippen LogP contribution in [0.25, 0.3) is 0 Å². The number of aliphatic carboxylic acids is 1. The minimum absolute atomic E-state index is 0.0686. The highest BCUT2D eigenvalue weighted by atomic mass is 19.4. The van der Waals surface area contributed by atoms with Crippen molar-refractivity contribution in [2.45, 2.75) is 82.5 Å². The number of carbonyl (C=O) groups excluding carboxylic acids is 1. The molecule has 3 aliphatic rings. The summed E-state index contributed by atoms with van der Waals surface area (Å²) in [6, 6.07) is -0.720. The average Bonchev–Trinajstić information content (AvgIpc) is 2.73. The molecule has 4 unspecified atom stereocenters. The molecule has 0 aromatic carbocycles. The second kappa shape index (κ2) is 11.0. The molecular weight excluding hydrogens is 413 g/mol. The first-order chi connectivity index (χ1) is 14.7. The van der Waals surface area contributed by atoms with Gasteiger partial charge < -0.3 is 15.2 Å². The SMILES string of the molecule is O=C(O)CC(CC(=O)NC1CC(C(F)(F)F)CCC1N1CCOCC1)C1CCCCC1. The van der Waals surface area contributed by atoms with Gasteiger partial charge in [-0.25, -0.2) is 0 Å². The molecular formula is C22H35F3N2O4. The third-order valence-electron chi connectivity index (χ3n) is 7.34. The number of morpholine rings is 1. The molecule has 0 radical (unpaired) electrons. The van der Waals surface area contributed by atoms with Crippen molar-refractivity contribution >= 4 is 11.9 Å². The number of carboxylic acid groups (broad SMARTS) is 1. The van der Waals surface area contributed by atoms with Crippen LogP contribution in [0.2, 0.25) is 0 Å². The minimum Gasteiger partial charge on any atom is -0.481 e. The molecule has 178 valence electrons. The van der Waals surface area contributed by atoms with Crippen LogP contribution in [0.3, 0.4) is 0 Å². The summed E-state index contributed by atoms with van der Waals surface area (Å²) in [4.78, 5) is 26.4. The van der Waals surface area contributed by atoms with Crippen LogP contribution in [0, 0.1) is 17.8 Å². The van der Waals surface area contributed by atoms with Crippen LogP contribution in [-0.2, 0) is 14.3 Å². The summed E-state index contributed by atoms with van der Waals surface area (Å²) in [5.74, 6) is -2.72. The highest BCUT2D eigenvalue weighted by Crippen LogP contribution is 2.39. The average molecular weight is 449 g/mol. The van der Waals surface area contributed by atoms with E-state index in [1.807, 2.05) is 0 Å². The van der Waals surface area contributed by atoms with Crippen molar-refractivity contribution in [1.82, 2.24) is 10.2 Å². The molecule has 0 aromatic heterocycles. The smallest absolute Gasteiger partial charge is 0.391 e. The fourth-order valence-corrected chi connectivity index (χ4v) is 5.69.